The summed E-state index contributed by atoms with van der Waals surface area (Å²) in [5.74, 6) is 0.883. The van der Waals surface area contributed by atoms with Crippen molar-refractivity contribution in [3.8, 4) is 0 Å². The second-order valence-electron chi connectivity index (χ2n) is 5.72. The summed E-state index contributed by atoms with van der Waals surface area (Å²) in [6.45, 7) is 1.63. The highest BCUT2D eigenvalue weighted by atomic mass is 127. The van der Waals surface area contributed by atoms with Gasteiger partial charge >= 0.3 is 0 Å². The second kappa shape index (κ2) is 9.93. The predicted octanol–water partition coefficient (Wildman–Crippen LogP) is 2.67. The maximum atomic E-state index is 6.03. The lowest BCUT2D eigenvalue weighted by Crippen LogP contribution is -2.39. The number of guanidine groups is 1. The van der Waals surface area contributed by atoms with Crippen LogP contribution in [-0.4, -0.2) is 45.8 Å². The van der Waals surface area contributed by atoms with Gasteiger partial charge in [0.1, 0.15) is 0 Å². The lowest BCUT2D eigenvalue weighted by atomic mass is 10.2. The number of nitrogens with zero attached hydrogens (tertiary/aromatic N) is 5. The molecule has 0 aliphatic heterocycles. The van der Waals surface area contributed by atoms with Gasteiger partial charge in [0.25, 0.3) is 0 Å². The second-order valence-corrected chi connectivity index (χ2v) is 6.15. The van der Waals surface area contributed by atoms with Crippen LogP contribution < -0.4 is 5.32 Å². The highest BCUT2D eigenvalue weighted by Crippen LogP contribution is 2.14. The average molecular weight is 465 g/mol. The van der Waals surface area contributed by atoms with E-state index in [1.54, 1.807) is 7.05 Å². The van der Waals surface area contributed by atoms with Crippen LogP contribution in [0.3, 0.4) is 0 Å². The molecule has 1 N–H and O–H groups in total. The molecule has 2 heterocycles. The van der Waals surface area contributed by atoms with Crippen molar-refractivity contribution in [2.45, 2.75) is 19.4 Å². The van der Waals surface area contributed by atoms with Gasteiger partial charge in [-0.25, -0.2) is 0 Å². The predicted molar refractivity (Wildman–Crippen MR) is 110 cm³/mol. The molecule has 134 valence electrons. The van der Waals surface area contributed by atoms with Crippen LogP contribution in [0, 0.1) is 0 Å². The van der Waals surface area contributed by atoms with Crippen LogP contribution in [0.15, 0.2) is 29.6 Å². The Hall–Kier alpha value is -1.22. The number of rotatable bonds is 6. The van der Waals surface area contributed by atoms with E-state index in [2.05, 4.69) is 26.5 Å². The first-order chi connectivity index (χ1) is 11.0. The van der Waals surface area contributed by atoms with Crippen molar-refractivity contribution in [3.05, 3.63) is 40.9 Å². The van der Waals surface area contributed by atoms with E-state index < -0.39 is 0 Å². The van der Waals surface area contributed by atoms with E-state index in [-0.39, 0.29) is 24.0 Å². The molecule has 2 rings (SSSR count). The highest BCUT2D eigenvalue weighted by Gasteiger charge is 2.09. The van der Waals surface area contributed by atoms with Crippen molar-refractivity contribution in [2.75, 3.05) is 20.6 Å². The number of aromatic nitrogens is 3. The average Bonchev–Trinajstić information content (AvgIpc) is 3.04. The standard InChI is InChI=1S/C16H25ClN6.HI/c1-18-16(19-7-5-6-13-9-20-23(4)10-13)22(3)12-15-8-14(17)11-21(15)2;/h8-11H,5-7,12H2,1-4H3,(H,18,19);1H. The molecule has 2 aromatic heterocycles. The third kappa shape index (κ3) is 6.01. The summed E-state index contributed by atoms with van der Waals surface area (Å²) >= 11 is 6.03. The van der Waals surface area contributed by atoms with Gasteiger partial charge < -0.3 is 14.8 Å². The van der Waals surface area contributed by atoms with E-state index in [0.717, 1.165) is 42.6 Å². The van der Waals surface area contributed by atoms with E-state index in [4.69, 9.17) is 11.6 Å². The molecule has 0 saturated heterocycles. The smallest absolute Gasteiger partial charge is 0.193 e. The summed E-state index contributed by atoms with van der Waals surface area (Å²) in [6.07, 6.45) is 7.93. The Morgan fingerprint density at radius 1 is 1.38 bits per heavy atom. The minimum atomic E-state index is 0. The molecule has 0 fully saturated rings. The van der Waals surface area contributed by atoms with Gasteiger partial charge in [0.15, 0.2) is 5.96 Å². The molecular weight excluding hydrogens is 439 g/mol. The van der Waals surface area contributed by atoms with Crippen molar-refractivity contribution >= 4 is 41.5 Å². The maximum absolute atomic E-state index is 6.03. The van der Waals surface area contributed by atoms with Crippen molar-refractivity contribution in [1.29, 1.82) is 0 Å². The molecule has 0 saturated carbocycles. The van der Waals surface area contributed by atoms with Gasteiger partial charge in [0, 0.05) is 52.8 Å². The topological polar surface area (TPSA) is 50.4 Å². The third-order valence-corrected chi connectivity index (χ3v) is 3.94. The minimum absolute atomic E-state index is 0. The zero-order valence-electron chi connectivity index (χ0n) is 14.7. The lowest BCUT2D eigenvalue weighted by Gasteiger charge is -2.22. The number of nitrogens with one attached hydrogen (secondary N) is 1. The quantitative estimate of drug-likeness (QED) is 0.309. The van der Waals surface area contributed by atoms with E-state index in [9.17, 15) is 0 Å². The number of aryl methyl sites for hydroxylation is 3. The first-order valence-electron chi connectivity index (χ1n) is 7.69. The van der Waals surface area contributed by atoms with Crippen LogP contribution in [0.2, 0.25) is 5.02 Å². The molecule has 6 nitrogen and oxygen atoms in total. The van der Waals surface area contributed by atoms with Crippen LogP contribution in [0.1, 0.15) is 17.7 Å². The molecule has 0 aromatic carbocycles. The first-order valence-corrected chi connectivity index (χ1v) is 8.07. The summed E-state index contributed by atoms with van der Waals surface area (Å²) in [5, 5.41) is 8.34. The van der Waals surface area contributed by atoms with Crippen molar-refractivity contribution < 1.29 is 0 Å². The van der Waals surface area contributed by atoms with Gasteiger partial charge in [-0.3, -0.25) is 9.67 Å². The van der Waals surface area contributed by atoms with Crippen molar-refractivity contribution in [2.24, 2.45) is 19.1 Å². The van der Waals surface area contributed by atoms with Gasteiger partial charge in [0.2, 0.25) is 0 Å². The van der Waals surface area contributed by atoms with Crippen LogP contribution in [0.4, 0.5) is 0 Å². The minimum Gasteiger partial charge on any atom is -0.356 e. The monoisotopic (exact) mass is 464 g/mol. The Bertz CT molecular complexity index is 663. The van der Waals surface area contributed by atoms with Crippen LogP contribution >= 0.6 is 35.6 Å². The SMILES string of the molecule is CN=C(NCCCc1cnn(C)c1)N(C)Cc1cc(Cl)cn1C.I. The number of halogens is 2. The molecule has 0 aliphatic carbocycles. The third-order valence-electron chi connectivity index (χ3n) is 3.73. The van der Waals surface area contributed by atoms with Gasteiger partial charge in [-0.15, -0.1) is 24.0 Å². The summed E-state index contributed by atoms with van der Waals surface area (Å²) in [5.41, 5.74) is 2.41. The summed E-state index contributed by atoms with van der Waals surface area (Å²) in [6, 6.07) is 1.98. The Morgan fingerprint density at radius 2 is 2.12 bits per heavy atom. The molecule has 0 atom stereocenters. The van der Waals surface area contributed by atoms with Crippen LogP contribution in [0.25, 0.3) is 0 Å². The number of hydrogen-bond donors (Lipinski definition) is 1. The Labute approximate surface area is 165 Å². The molecule has 0 unspecified atom stereocenters. The molecule has 8 heteroatoms. The summed E-state index contributed by atoms with van der Waals surface area (Å²) in [7, 11) is 7.77. The molecule has 24 heavy (non-hydrogen) atoms. The van der Waals surface area contributed by atoms with Crippen molar-refractivity contribution in [1.82, 2.24) is 24.6 Å². The Balaban J connectivity index is 0.00000288. The van der Waals surface area contributed by atoms with Crippen LogP contribution in [0.5, 0.6) is 0 Å². The molecule has 0 amide bonds. The van der Waals surface area contributed by atoms with E-state index in [1.807, 2.05) is 48.9 Å². The van der Waals surface area contributed by atoms with E-state index in [0.29, 0.717) is 0 Å². The maximum Gasteiger partial charge on any atom is 0.193 e. The zero-order chi connectivity index (χ0) is 16.8. The molecule has 0 aliphatic rings. The lowest BCUT2D eigenvalue weighted by molar-refractivity contribution is 0.461. The van der Waals surface area contributed by atoms with Crippen molar-refractivity contribution in [3.63, 3.8) is 0 Å². The van der Waals surface area contributed by atoms with E-state index in [1.165, 1.54) is 5.56 Å². The molecule has 0 bridgehead atoms. The zero-order valence-corrected chi connectivity index (χ0v) is 17.7. The van der Waals surface area contributed by atoms with Gasteiger partial charge in [-0.05, 0) is 24.5 Å². The fraction of sp³-hybridized carbons (Fsp3) is 0.500. The van der Waals surface area contributed by atoms with Gasteiger partial charge in [-0.1, -0.05) is 11.6 Å². The van der Waals surface area contributed by atoms with Gasteiger partial charge in [-0.2, -0.15) is 5.10 Å². The normalized spacial score (nSPS) is 11.3. The van der Waals surface area contributed by atoms with Crippen LogP contribution in [-0.2, 0) is 27.1 Å². The fourth-order valence-electron chi connectivity index (χ4n) is 2.52. The Kier molecular flexibility index (Phi) is 8.61. The molecule has 2 aromatic rings. The fourth-order valence-corrected chi connectivity index (χ4v) is 2.79. The number of aliphatic imine (C=N–C) groups is 1. The number of hydrogen-bond acceptors (Lipinski definition) is 2. The molecule has 0 spiro atoms. The largest absolute Gasteiger partial charge is 0.356 e. The van der Waals surface area contributed by atoms with Gasteiger partial charge in [0.05, 0.1) is 17.8 Å². The van der Waals surface area contributed by atoms with E-state index >= 15 is 0 Å². The Morgan fingerprint density at radius 3 is 2.67 bits per heavy atom. The first kappa shape index (κ1) is 20.8. The summed E-state index contributed by atoms with van der Waals surface area (Å²) in [4.78, 5) is 6.44. The summed E-state index contributed by atoms with van der Waals surface area (Å²) < 4.78 is 3.87. The molecular formula is C16H26ClIN6. The highest BCUT2D eigenvalue weighted by molar-refractivity contribution is 14.0. The molecule has 0 radical (unpaired) electrons.